The highest BCUT2D eigenvalue weighted by atomic mass is 35.5. The maximum atomic E-state index is 12.7. The Morgan fingerprint density at radius 1 is 0.933 bits per heavy atom. The van der Waals surface area contributed by atoms with Crippen molar-refractivity contribution in [2.45, 2.75) is 51.1 Å². The smallest absolute Gasteiger partial charge is 0.231 e. The lowest BCUT2D eigenvalue weighted by Gasteiger charge is -2.42. The molecule has 0 saturated carbocycles. The van der Waals surface area contributed by atoms with E-state index in [4.69, 9.17) is 21.1 Å². The maximum absolute atomic E-state index is 12.7. The maximum Gasteiger partial charge on any atom is 0.231 e. The van der Waals surface area contributed by atoms with Gasteiger partial charge >= 0.3 is 0 Å². The zero-order valence-electron chi connectivity index (χ0n) is 17.7. The first-order valence-electron chi connectivity index (χ1n) is 11.5. The fraction of sp³-hybridized carbons (Fsp3) is 0.696. The molecule has 0 unspecified atom stereocenters. The van der Waals surface area contributed by atoms with Crippen molar-refractivity contribution in [3.05, 3.63) is 22.7 Å². The third kappa shape index (κ3) is 4.27. The number of fused-ring (bicyclic) bond motifs is 1. The van der Waals surface area contributed by atoms with Crippen molar-refractivity contribution in [3.63, 3.8) is 0 Å². The fourth-order valence-corrected chi connectivity index (χ4v) is 5.68. The number of carbonyl (C=O) groups is 1. The second-order valence-electron chi connectivity index (χ2n) is 9.15. The summed E-state index contributed by atoms with van der Waals surface area (Å²) >= 11 is 6.46. The van der Waals surface area contributed by atoms with Crippen molar-refractivity contribution < 1.29 is 14.3 Å². The number of halogens is 1. The summed E-state index contributed by atoms with van der Waals surface area (Å²) in [5.41, 5.74) is 1.11. The number of hydrogen-bond acceptors (Lipinski definition) is 5. The molecular formula is C23H32ClN3O3. The first-order valence-corrected chi connectivity index (χ1v) is 11.9. The third-order valence-electron chi connectivity index (χ3n) is 7.31. The second kappa shape index (κ2) is 8.93. The van der Waals surface area contributed by atoms with Crippen molar-refractivity contribution in [2.75, 3.05) is 46.1 Å². The Hall–Kier alpha value is -1.50. The summed E-state index contributed by atoms with van der Waals surface area (Å²) in [7, 11) is 0. The molecule has 0 radical (unpaired) electrons. The first-order chi connectivity index (χ1) is 14.7. The Bertz CT molecular complexity index is 767. The number of carbonyl (C=O) groups excluding carboxylic acids is 1. The van der Waals surface area contributed by atoms with Gasteiger partial charge in [-0.3, -0.25) is 9.69 Å². The summed E-state index contributed by atoms with van der Waals surface area (Å²) in [6.45, 7) is 7.40. The van der Waals surface area contributed by atoms with Gasteiger partial charge < -0.3 is 19.3 Å². The number of nitrogens with zero attached hydrogens (tertiary/aromatic N) is 3. The molecule has 7 heteroatoms. The van der Waals surface area contributed by atoms with Gasteiger partial charge in [0.1, 0.15) is 0 Å². The quantitative estimate of drug-likeness (QED) is 0.728. The van der Waals surface area contributed by atoms with Crippen LogP contribution in [0.5, 0.6) is 11.5 Å². The molecule has 5 rings (SSSR count). The van der Waals surface area contributed by atoms with E-state index in [1.54, 1.807) is 0 Å². The first kappa shape index (κ1) is 20.4. The minimum atomic E-state index is 0.257. The van der Waals surface area contributed by atoms with Crippen LogP contribution in [0.3, 0.4) is 0 Å². The van der Waals surface area contributed by atoms with Gasteiger partial charge in [0.2, 0.25) is 12.7 Å². The summed E-state index contributed by atoms with van der Waals surface area (Å²) in [6.07, 6.45) is 6.80. The van der Waals surface area contributed by atoms with Crippen LogP contribution in [0.1, 0.15) is 44.1 Å². The highest BCUT2D eigenvalue weighted by Crippen LogP contribution is 2.37. The average molecular weight is 434 g/mol. The lowest BCUT2D eigenvalue weighted by atomic mass is 9.92. The largest absolute Gasteiger partial charge is 0.454 e. The SMILES string of the molecule is O=C(C1CCN(C2CCN(Cc3cc4c(cc3Cl)OCO4)CC2)CC1)N1CCCC1. The molecule has 0 bridgehead atoms. The predicted octanol–water partition coefficient (Wildman–Crippen LogP) is 3.37. The minimum Gasteiger partial charge on any atom is -0.454 e. The van der Waals surface area contributed by atoms with Crippen LogP contribution >= 0.6 is 11.6 Å². The molecule has 1 amide bonds. The molecule has 1 aromatic rings. The van der Waals surface area contributed by atoms with E-state index in [1.807, 2.05) is 12.1 Å². The van der Waals surface area contributed by atoms with Gasteiger partial charge in [-0.2, -0.15) is 0 Å². The van der Waals surface area contributed by atoms with Gasteiger partial charge in [0.05, 0.1) is 0 Å². The van der Waals surface area contributed by atoms with Crippen LogP contribution in [0.25, 0.3) is 0 Å². The molecule has 0 aliphatic carbocycles. The molecule has 0 aromatic heterocycles. The van der Waals surface area contributed by atoms with Gasteiger partial charge in [0.15, 0.2) is 11.5 Å². The van der Waals surface area contributed by atoms with E-state index < -0.39 is 0 Å². The molecule has 0 N–H and O–H groups in total. The Labute approximate surface area is 184 Å². The van der Waals surface area contributed by atoms with E-state index in [-0.39, 0.29) is 12.7 Å². The number of amides is 1. The molecule has 0 atom stereocenters. The lowest BCUT2D eigenvalue weighted by Crippen LogP contribution is -2.49. The normalized spacial score (nSPS) is 24.0. The number of hydrogen-bond donors (Lipinski definition) is 0. The van der Waals surface area contributed by atoms with Gasteiger partial charge in [-0.25, -0.2) is 0 Å². The van der Waals surface area contributed by atoms with Gasteiger partial charge in [-0.1, -0.05) is 11.6 Å². The van der Waals surface area contributed by atoms with Gasteiger partial charge in [0, 0.05) is 42.7 Å². The van der Waals surface area contributed by atoms with Crippen LogP contribution in [-0.2, 0) is 11.3 Å². The van der Waals surface area contributed by atoms with Gasteiger partial charge in [-0.05, 0) is 76.3 Å². The van der Waals surface area contributed by atoms with Gasteiger partial charge in [-0.15, -0.1) is 0 Å². The van der Waals surface area contributed by atoms with Crippen molar-refractivity contribution in [2.24, 2.45) is 5.92 Å². The molecule has 30 heavy (non-hydrogen) atoms. The highest BCUT2D eigenvalue weighted by molar-refractivity contribution is 6.31. The van der Waals surface area contributed by atoms with E-state index in [2.05, 4.69) is 14.7 Å². The number of ether oxygens (including phenoxy) is 2. The van der Waals surface area contributed by atoms with Crippen molar-refractivity contribution >= 4 is 17.5 Å². The third-order valence-corrected chi connectivity index (χ3v) is 7.66. The van der Waals surface area contributed by atoms with Crippen LogP contribution < -0.4 is 9.47 Å². The van der Waals surface area contributed by atoms with Crippen molar-refractivity contribution in [1.29, 1.82) is 0 Å². The highest BCUT2D eigenvalue weighted by Gasteiger charge is 2.33. The molecule has 6 nitrogen and oxygen atoms in total. The summed E-state index contributed by atoms with van der Waals surface area (Å²) in [5.74, 6) is 2.22. The molecular weight excluding hydrogens is 402 g/mol. The number of piperidine rings is 2. The monoisotopic (exact) mass is 433 g/mol. The van der Waals surface area contributed by atoms with E-state index in [0.717, 1.165) is 80.7 Å². The van der Waals surface area contributed by atoms with Crippen LogP contribution in [0.4, 0.5) is 0 Å². The molecule has 0 spiro atoms. The molecule has 3 fully saturated rings. The van der Waals surface area contributed by atoms with Crippen molar-refractivity contribution in [3.8, 4) is 11.5 Å². The zero-order chi connectivity index (χ0) is 20.5. The van der Waals surface area contributed by atoms with Crippen LogP contribution in [0, 0.1) is 5.92 Å². The lowest BCUT2D eigenvalue weighted by molar-refractivity contribution is -0.136. The Kier molecular flexibility index (Phi) is 6.07. The van der Waals surface area contributed by atoms with E-state index in [1.165, 1.54) is 25.7 Å². The molecule has 1 aromatic carbocycles. The predicted molar refractivity (Wildman–Crippen MR) is 116 cm³/mol. The topological polar surface area (TPSA) is 45.3 Å². The van der Waals surface area contributed by atoms with E-state index in [9.17, 15) is 4.79 Å². The minimum absolute atomic E-state index is 0.257. The Balaban J connectivity index is 1.09. The standard InChI is InChI=1S/C23H32ClN3O3/c24-20-14-22-21(29-16-30-22)13-18(20)15-25-9-5-19(6-10-25)26-11-3-17(4-12-26)23(28)27-7-1-2-8-27/h13-14,17,19H,1-12,15-16H2. The molecule has 4 aliphatic heterocycles. The van der Waals surface area contributed by atoms with Gasteiger partial charge in [0.25, 0.3) is 0 Å². The zero-order valence-corrected chi connectivity index (χ0v) is 18.4. The summed E-state index contributed by atoms with van der Waals surface area (Å²) in [5, 5.41) is 0.756. The van der Waals surface area contributed by atoms with Crippen LogP contribution in [0.15, 0.2) is 12.1 Å². The van der Waals surface area contributed by atoms with E-state index in [0.29, 0.717) is 11.9 Å². The van der Waals surface area contributed by atoms with E-state index >= 15 is 0 Å². The van der Waals surface area contributed by atoms with Crippen LogP contribution in [0.2, 0.25) is 5.02 Å². The summed E-state index contributed by atoms with van der Waals surface area (Å²) < 4.78 is 10.9. The molecule has 4 heterocycles. The summed E-state index contributed by atoms with van der Waals surface area (Å²) in [6, 6.07) is 4.55. The molecule has 4 aliphatic rings. The summed E-state index contributed by atoms with van der Waals surface area (Å²) in [4.78, 5) is 19.9. The average Bonchev–Trinajstić information content (AvgIpc) is 3.46. The second-order valence-corrected chi connectivity index (χ2v) is 9.55. The number of benzene rings is 1. The Morgan fingerprint density at radius 2 is 1.60 bits per heavy atom. The molecule has 3 saturated heterocycles. The fourth-order valence-electron chi connectivity index (χ4n) is 5.47. The Morgan fingerprint density at radius 3 is 2.30 bits per heavy atom. The van der Waals surface area contributed by atoms with Crippen LogP contribution in [-0.4, -0.2) is 72.7 Å². The molecule has 164 valence electrons. The van der Waals surface area contributed by atoms with Crippen molar-refractivity contribution in [1.82, 2.24) is 14.7 Å². The number of likely N-dealkylation sites (tertiary alicyclic amines) is 3. The number of rotatable bonds is 4.